The highest BCUT2D eigenvalue weighted by atomic mass is 14.9. The van der Waals surface area contributed by atoms with Crippen LogP contribution in [0.2, 0.25) is 0 Å². The number of rotatable bonds is 4. The molecule has 0 atom stereocenters. The SMILES string of the molecule is Cc1ccc(-c2cc(-c3ccccc3)c(-c3cccc[n+]3C)c(-c3ccccc3)c2)cc1. The molecule has 0 amide bonds. The summed E-state index contributed by atoms with van der Waals surface area (Å²) in [5.41, 5.74) is 11.1. The van der Waals surface area contributed by atoms with Gasteiger partial charge in [0, 0.05) is 12.1 Å². The van der Waals surface area contributed by atoms with E-state index >= 15 is 0 Å². The summed E-state index contributed by atoms with van der Waals surface area (Å²) in [7, 11) is 2.12. The molecular weight excluding hydrogens is 386 g/mol. The minimum absolute atomic E-state index is 1.20. The van der Waals surface area contributed by atoms with Gasteiger partial charge in [0.05, 0.1) is 5.56 Å². The van der Waals surface area contributed by atoms with Crippen molar-refractivity contribution in [2.24, 2.45) is 7.05 Å². The molecule has 1 heteroatoms. The Morgan fingerprint density at radius 1 is 0.500 bits per heavy atom. The molecule has 0 spiro atoms. The van der Waals surface area contributed by atoms with Crippen LogP contribution < -0.4 is 4.57 Å². The van der Waals surface area contributed by atoms with Gasteiger partial charge < -0.3 is 0 Å². The number of hydrogen-bond acceptors (Lipinski definition) is 0. The van der Waals surface area contributed by atoms with Gasteiger partial charge in [-0.25, -0.2) is 4.57 Å². The average molecular weight is 413 g/mol. The Bertz CT molecular complexity index is 1290. The third-order valence-corrected chi connectivity index (χ3v) is 6.00. The van der Waals surface area contributed by atoms with Gasteiger partial charge in [-0.15, -0.1) is 0 Å². The third-order valence-electron chi connectivity index (χ3n) is 6.00. The molecule has 0 unspecified atom stereocenters. The van der Waals surface area contributed by atoms with Gasteiger partial charge in [-0.1, -0.05) is 90.5 Å². The standard InChI is InChI=1S/C31H26N/c1-23-16-18-24(19-17-23)27-21-28(25-11-5-3-6-12-25)31(30-15-9-10-20-32(30)2)29(22-27)26-13-7-4-8-14-26/h3-22H,1-2H3/q+1. The topological polar surface area (TPSA) is 3.88 Å². The van der Waals surface area contributed by atoms with Crippen LogP contribution in [0.3, 0.4) is 0 Å². The largest absolute Gasteiger partial charge is 0.213 e. The molecule has 0 aliphatic carbocycles. The molecule has 5 rings (SSSR count). The fourth-order valence-corrected chi connectivity index (χ4v) is 4.30. The Morgan fingerprint density at radius 3 is 1.56 bits per heavy atom. The lowest BCUT2D eigenvalue weighted by atomic mass is 9.86. The molecule has 1 nitrogen and oxygen atoms in total. The van der Waals surface area contributed by atoms with Gasteiger partial charge in [0.1, 0.15) is 7.05 Å². The molecule has 0 saturated heterocycles. The Labute approximate surface area is 190 Å². The highest BCUT2D eigenvalue weighted by Crippen LogP contribution is 2.42. The first-order valence-corrected chi connectivity index (χ1v) is 11.0. The second-order valence-electron chi connectivity index (χ2n) is 8.24. The molecular formula is C31H26N+. The molecule has 0 fully saturated rings. The number of aryl methyl sites for hydroxylation is 2. The molecule has 154 valence electrons. The maximum absolute atomic E-state index is 2.34. The van der Waals surface area contributed by atoms with E-state index in [0.29, 0.717) is 0 Å². The zero-order valence-corrected chi connectivity index (χ0v) is 18.5. The van der Waals surface area contributed by atoms with E-state index in [1.165, 1.54) is 50.2 Å². The number of pyridine rings is 1. The monoisotopic (exact) mass is 412 g/mol. The molecule has 0 radical (unpaired) electrons. The first kappa shape index (κ1) is 20.0. The van der Waals surface area contributed by atoms with Gasteiger partial charge in [0.2, 0.25) is 5.69 Å². The smallest absolute Gasteiger partial charge is 0.201 e. The predicted molar refractivity (Wildman–Crippen MR) is 134 cm³/mol. The Hall–Kier alpha value is -3.97. The highest BCUT2D eigenvalue weighted by molar-refractivity contribution is 5.96. The number of aromatic nitrogens is 1. The number of hydrogen-bond donors (Lipinski definition) is 0. The van der Waals surface area contributed by atoms with Gasteiger partial charge >= 0.3 is 0 Å². The van der Waals surface area contributed by atoms with Gasteiger partial charge in [0.15, 0.2) is 6.20 Å². The van der Waals surface area contributed by atoms with Crippen molar-refractivity contribution >= 4 is 0 Å². The van der Waals surface area contributed by atoms with Crippen molar-refractivity contribution < 1.29 is 4.57 Å². The summed E-state index contributed by atoms with van der Waals surface area (Å²) >= 11 is 0. The van der Waals surface area contributed by atoms with Crippen molar-refractivity contribution in [1.82, 2.24) is 0 Å². The van der Waals surface area contributed by atoms with Gasteiger partial charge in [-0.3, -0.25) is 0 Å². The maximum Gasteiger partial charge on any atom is 0.213 e. The minimum Gasteiger partial charge on any atom is -0.201 e. The molecule has 0 aliphatic rings. The van der Waals surface area contributed by atoms with Crippen LogP contribution in [0, 0.1) is 6.92 Å². The first-order chi connectivity index (χ1) is 15.7. The zero-order chi connectivity index (χ0) is 21.9. The molecule has 32 heavy (non-hydrogen) atoms. The van der Waals surface area contributed by atoms with Crippen molar-refractivity contribution in [3.05, 3.63) is 127 Å². The summed E-state index contributed by atoms with van der Waals surface area (Å²) in [6.45, 7) is 2.13. The third kappa shape index (κ3) is 3.86. The second kappa shape index (κ2) is 8.64. The van der Waals surface area contributed by atoms with E-state index in [9.17, 15) is 0 Å². The lowest BCUT2D eigenvalue weighted by Gasteiger charge is -2.17. The lowest BCUT2D eigenvalue weighted by molar-refractivity contribution is -0.660. The summed E-state index contributed by atoms with van der Waals surface area (Å²) in [5.74, 6) is 0. The zero-order valence-electron chi connectivity index (χ0n) is 18.5. The molecule has 4 aromatic carbocycles. The predicted octanol–water partition coefficient (Wildman–Crippen LogP) is 7.49. The second-order valence-corrected chi connectivity index (χ2v) is 8.24. The van der Waals surface area contributed by atoms with Crippen molar-refractivity contribution in [2.45, 2.75) is 6.92 Å². The van der Waals surface area contributed by atoms with Crippen molar-refractivity contribution in [3.63, 3.8) is 0 Å². The fraction of sp³-hybridized carbons (Fsp3) is 0.0645. The van der Waals surface area contributed by atoms with Crippen LogP contribution in [-0.4, -0.2) is 0 Å². The molecule has 0 bridgehead atoms. The van der Waals surface area contributed by atoms with Crippen LogP contribution in [0.25, 0.3) is 44.6 Å². The molecule has 0 saturated carbocycles. The van der Waals surface area contributed by atoms with Crippen LogP contribution in [0.5, 0.6) is 0 Å². The van der Waals surface area contributed by atoms with Gasteiger partial charge in [-0.05, 0) is 58.5 Å². The van der Waals surface area contributed by atoms with E-state index in [0.717, 1.165) is 0 Å². The van der Waals surface area contributed by atoms with E-state index in [4.69, 9.17) is 0 Å². The maximum atomic E-state index is 2.34. The van der Waals surface area contributed by atoms with E-state index in [1.54, 1.807) is 0 Å². The Morgan fingerprint density at radius 2 is 1.03 bits per heavy atom. The Balaban J connectivity index is 1.89. The molecule has 1 heterocycles. The van der Waals surface area contributed by atoms with Crippen molar-refractivity contribution in [2.75, 3.05) is 0 Å². The molecule has 5 aromatic rings. The van der Waals surface area contributed by atoms with Crippen molar-refractivity contribution in [1.29, 1.82) is 0 Å². The van der Waals surface area contributed by atoms with E-state index in [2.05, 4.69) is 140 Å². The van der Waals surface area contributed by atoms with Crippen LogP contribution in [0.15, 0.2) is 121 Å². The first-order valence-electron chi connectivity index (χ1n) is 11.0. The minimum atomic E-state index is 1.20. The summed E-state index contributed by atoms with van der Waals surface area (Å²) in [5, 5.41) is 0. The van der Waals surface area contributed by atoms with Crippen LogP contribution in [-0.2, 0) is 7.05 Å². The number of benzene rings is 4. The highest BCUT2D eigenvalue weighted by Gasteiger charge is 2.22. The summed E-state index contributed by atoms with van der Waals surface area (Å²) in [6, 6.07) is 41.3. The van der Waals surface area contributed by atoms with Crippen LogP contribution in [0.1, 0.15) is 5.56 Å². The molecule has 0 aliphatic heterocycles. The Kier molecular flexibility index (Phi) is 5.39. The summed E-state index contributed by atoms with van der Waals surface area (Å²) in [6.07, 6.45) is 2.12. The van der Waals surface area contributed by atoms with Gasteiger partial charge in [-0.2, -0.15) is 0 Å². The van der Waals surface area contributed by atoms with Crippen molar-refractivity contribution in [3.8, 4) is 44.6 Å². The fourth-order valence-electron chi connectivity index (χ4n) is 4.30. The number of nitrogens with zero attached hydrogens (tertiary/aromatic N) is 1. The van der Waals surface area contributed by atoms with E-state index in [1.807, 2.05) is 0 Å². The summed E-state index contributed by atoms with van der Waals surface area (Å²) in [4.78, 5) is 0. The quantitative estimate of drug-likeness (QED) is 0.269. The summed E-state index contributed by atoms with van der Waals surface area (Å²) < 4.78 is 2.21. The van der Waals surface area contributed by atoms with Crippen LogP contribution in [0.4, 0.5) is 0 Å². The average Bonchev–Trinajstić information content (AvgIpc) is 2.85. The molecule has 1 aromatic heterocycles. The lowest BCUT2D eigenvalue weighted by Crippen LogP contribution is -2.30. The van der Waals surface area contributed by atoms with E-state index < -0.39 is 0 Å². The normalized spacial score (nSPS) is 10.8. The molecule has 0 N–H and O–H groups in total. The van der Waals surface area contributed by atoms with E-state index in [-0.39, 0.29) is 0 Å². The van der Waals surface area contributed by atoms with Crippen LogP contribution >= 0.6 is 0 Å². The van der Waals surface area contributed by atoms with Gasteiger partial charge in [0.25, 0.3) is 0 Å².